The van der Waals surface area contributed by atoms with Crippen molar-refractivity contribution in [1.29, 1.82) is 0 Å². The van der Waals surface area contributed by atoms with E-state index in [1.165, 1.54) is 0 Å². The number of hydrogen-bond acceptors (Lipinski definition) is 3. The molecule has 0 aliphatic carbocycles. The van der Waals surface area contributed by atoms with Gasteiger partial charge in [-0.15, -0.1) is 0 Å². The highest BCUT2D eigenvalue weighted by molar-refractivity contribution is 9.10. The third-order valence-corrected chi connectivity index (χ3v) is 3.61. The van der Waals surface area contributed by atoms with E-state index in [1.807, 2.05) is 48.5 Å². The van der Waals surface area contributed by atoms with Crippen molar-refractivity contribution < 1.29 is 4.74 Å². The molecule has 0 unspecified atom stereocenters. The van der Waals surface area contributed by atoms with Gasteiger partial charge in [0.25, 0.3) is 0 Å². The molecule has 0 amide bonds. The van der Waals surface area contributed by atoms with Crippen LogP contribution in [0.5, 0.6) is 0 Å². The lowest BCUT2D eigenvalue weighted by Crippen LogP contribution is -2.03. The molecular weight excluding hydrogens is 328 g/mol. The molecule has 0 fully saturated rings. The highest BCUT2D eigenvalue weighted by atomic mass is 79.9. The number of nitrogens with zero attached hydrogens (tertiary/aromatic N) is 1. The van der Waals surface area contributed by atoms with Crippen LogP contribution in [0.1, 0.15) is 5.56 Å². The third kappa shape index (κ3) is 3.73. The maximum atomic E-state index is 5.49. The highest BCUT2D eigenvalue weighted by Gasteiger charge is 2.08. The fraction of sp³-hybridized carbons (Fsp3) is 0.118. The monoisotopic (exact) mass is 342 g/mol. The lowest BCUT2D eigenvalue weighted by atomic mass is 10.1. The fourth-order valence-corrected chi connectivity index (χ4v) is 2.32. The molecule has 0 radical (unpaired) electrons. The zero-order valence-corrected chi connectivity index (χ0v) is 13.0. The standard InChI is InChI=1S/C17H15BrN2O/c18-14-6-8-15(9-7-14)20-16(12-17-19-10-11-21-17)13-4-2-1-3-5-13/h1-9,12,20H,10-11H2/b16-12-. The first-order valence-corrected chi connectivity index (χ1v) is 7.57. The molecule has 106 valence electrons. The van der Waals surface area contributed by atoms with Crippen molar-refractivity contribution in [2.45, 2.75) is 0 Å². The molecule has 3 rings (SSSR count). The number of nitrogens with one attached hydrogen (secondary N) is 1. The molecule has 2 aromatic rings. The number of aliphatic imine (C=N–C) groups is 1. The molecule has 0 saturated heterocycles. The summed E-state index contributed by atoms with van der Waals surface area (Å²) >= 11 is 3.45. The minimum absolute atomic E-state index is 0.659. The van der Waals surface area contributed by atoms with Crippen molar-refractivity contribution >= 4 is 33.2 Å². The average molecular weight is 343 g/mol. The van der Waals surface area contributed by atoms with Crippen LogP contribution in [0.3, 0.4) is 0 Å². The highest BCUT2D eigenvalue weighted by Crippen LogP contribution is 2.21. The molecule has 21 heavy (non-hydrogen) atoms. The van der Waals surface area contributed by atoms with E-state index in [0.717, 1.165) is 28.0 Å². The van der Waals surface area contributed by atoms with Crippen LogP contribution >= 0.6 is 15.9 Å². The minimum atomic E-state index is 0.659. The maximum Gasteiger partial charge on any atom is 0.210 e. The van der Waals surface area contributed by atoms with E-state index >= 15 is 0 Å². The summed E-state index contributed by atoms with van der Waals surface area (Å²) in [4.78, 5) is 4.33. The zero-order valence-electron chi connectivity index (χ0n) is 11.4. The number of rotatable bonds is 4. The smallest absolute Gasteiger partial charge is 0.210 e. The van der Waals surface area contributed by atoms with Crippen LogP contribution in [0.25, 0.3) is 5.70 Å². The Morgan fingerprint density at radius 1 is 1.10 bits per heavy atom. The predicted molar refractivity (Wildman–Crippen MR) is 90.4 cm³/mol. The summed E-state index contributed by atoms with van der Waals surface area (Å²) in [5.74, 6) is 0.679. The van der Waals surface area contributed by atoms with Crippen LogP contribution in [0, 0.1) is 0 Å². The third-order valence-electron chi connectivity index (χ3n) is 3.08. The molecule has 2 aromatic carbocycles. The van der Waals surface area contributed by atoms with E-state index in [9.17, 15) is 0 Å². The summed E-state index contributed by atoms with van der Waals surface area (Å²) in [6.07, 6.45) is 1.95. The zero-order chi connectivity index (χ0) is 14.5. The molecule has 4 heteroatoms. The van der Waals surface area contributed by atoms with Crippen LogP contribution in [-0.4, -0.2) is 19.0 Å². The largest absolute Gasteiger partial charge is 0.476 e. The second-order valence-corrected chi connectivity index (χ2v) is 5.54. The van der Waals surface area contributed by atoms with Crippen LogP contribution in [0.4, 0.5) is 5.69 Å². The molecule has 0 aromatic heterocycles. The van der Waals surface area contributed by atoms with E-state index in [-0.39, 0.29) is 0 Å². The molecule has 1 heterocycles. The molecule has 0 spiro atoms. The Morgan fingerprint density at radius 2 is 1.86 bits per heavy atom. The molecule has 0 atom stereocenters. The molecule has 1 N–H and O–H groups in total. The number of halogens is 1. The fourth-order valence-electron chi connectivity index (χ4n) is 2.06. The second kappa shape index (κ2) is 6.59. The first-order chi connectivity index (χ1) is 10.3. The molecule has 3 nitrogen and oxygen atoms in total. The molecule has 0 bridgehead atoms. The van der Waals surface area contributed by atoms with Crippen LogP contribution in [0.2, 0.25) is 0 Å². The second-order valence-electron chi connectivity index (χ2n) is 4.62. The number of anilines is 1. The van der Waals surface area contributed by atoms with Crippen molar-refractivity contribution in [3.05, 3.63) is 70.7 Å². The van der Waals surface area contributed by atoms with E-state index in [4.69, 9.17) is 4.74 Å². The summed E-state index contributed by atoms with van der Waals surface area (Å²) in [5, 5.41) is 3.43. The topological polar surface area (TPSA) is 33.6 Å². The molecular formula is C17H15BrN2O. The number of ether oxygens (including phenoxy) is 1. The van der Waals surface area contributed by atoms with Gasteiger partial charge in [-0.2, -0.15) is 0 Å². The maximum absolute atomic E-state index is 5.49. The van der Waals surface area contributed by atoms with E-state index in [1.54, 1.807) is 0 Å². The van der Waals surface area contributed by atoms with E-state index in [2.05, 4.69) is 38.4 Å². The Hall–Kier alpha value is -2.07. The SMILES string of the molecule is Brc1ccc(N/C(=C\C2=NCCO2)c2ccccc2)cc1. The van der Waals surface area contributed by atoms with Crippen LogP contribution in [0.15, 0.2) is 70.1 Å². The normalized spacial score (nSPS) is 14.5. The van der Waals surface area contributed by atoms with Gasteiger partial charge in [-0.1, -0.05) is 46.3 Å². The van der Waals surface area contributed by atoms with Gasteiger partial charge in [-0.05, 0) is 29.8 Å². The summed E-state index contributed by atoms with van der Waals surface area (Å²) in [6.45, 7) is 1.39. The molecule has 1 aliphatic heterocycles. The van der Waals surface area contributed by atoms with Crippen molar-refractivity contribution in [3.8, 4) is 0 Å². The van der Waals surface area contributed by atoms with Gasteiger partial charge in [0.05, 0.1) is 12.2 Å². The first-order valence-electron chi connectivity index (χ1n) is 6.78. The van der Waals surface area contributed by atoms with Gasteiger partial charge >= 0.3 is 0 Å². The molecule has 1 aliphatic rings. The predicted octanol–water partition coefficient (Wildman–Crippen LogP) is 4.33. The number of hydrogen-bond donors (Lipinski definition) is 1. The lowest BCUT2D eigenvalue weighted by molar-refractivity contribution is 0.350. The van der Waals surface area contributed by atoms with Crippen molar-refractivity contribution in [2.24, 2.45) is 4.99 Å². The quantitative estimate of drug-likeness (QED) is 0.896. The van der Waals surface area contributed by atoms with Crippen LogP contribution in [-0.2, 0) is 4.74 Å². The minimum Gasteiger partial charge on any atom is -0.476 e. The Labute approximate surface area is 132 Å². The number of benzene rings is 2. The van der Waals surface area contributed by atoms with Crippen molar-refractivity contribution in [2.75, 3.05) is 18.5 Å². The Morgan fingerprint density at radius 3 is 2.52 bits per heavy atom. The van der Waals surface area contributed by atoms with Gasteiger partial charge in [0.1, 0.15) is 6.61 Å². The first kappa shape index (κ1) is 13.9. The van der Waals surface area contributed by atoms with Gasteiger partial charge in [-0.25, -0.2) is 4.99 Å². The lowest BCUT2D eigenvalue weighted by Gasteiger charge is -2.12. The Bertz CT molecular complexity index is 663. The van der Waals surface area contributed by atoms with Crippen molar-refractivity contribution in [3.63, 3.8) is 0 Å². The Balaban J connectivity index is 1.90. The van der Waals surface area contributed by atoms with Crippen molar-refractivity contribution in [1.82, 2.24) is 0 Å². The van der Waals surface area contributed by atoms with Crippen LogP contribution < -0.4 is 5.32 Å². The van der Waals surface area contributed by atoms with Gasteiger partial charge in [0, 0.05) is 16.2 Å². The average Bonchev–Trinajstić information content (AvgIpc) is 3.03. The Kier molecular flexibility index (Phi) is 4.36. The van der Waals surface area contributed by atoms with Gasteiger partial charge in [0.2, 0.25) is 5.90 Å². The van der Waals surface area contributed by atoms with E-state index < -0.39 is 0 Å². The summed E-state index contributed by atoms with van der Waals surface area (Å²) in [7, 11) is 0. The van der Waals surface area contributed by atoms with E-state index in [0.29, 0.717) is 12.5 Å². The molecule has 0 saturated carbocycles. The van der Waals surface area contributed by atoms with Gasteiger partial charge in [-0.3, -0.25) is 0 Å². The summed E-state index contributed by atoms with van der Waals surface area (Å²) < 4.78 is 6.55. The van der Waals surface area contributed by atoms with Gasteiger partial charge in [0.15, 0.2) is 0 Å². The summed E-state index contributed by atoms with van der Waals surface area (Å²) in [6, 6.07) is 18.2. The van der Waals surface area contributed by atoms with Gasteiger partial charge < -0.3 is 10.1 Å². The summed E-state index contributed by atoms with van der Waals surface area (Å²) in [5.41, 5.74) is 3.09.